The maximum Gasteiger partial charge on any atom is 0.333 e. The van der Waals surface area contributed by atoms with Crippen molar-refractivity contribution in [1.82, 2.24) is 0 Å². The lowest BCUT2D eigenvalue weighted by Crippen LogP contribution is -2.46. The van der Waals surface area contributed by atoms with Gasteiger partial charge in [-0.25, -0.2) is 9.59 Å². The Labute approximate surface area is 327 Å². The molecule has 0 aromatic heterocycles. The Morgan fingerprint density at radius 3 is 2.22 bits per heavy atom. The highest BCUT2D eigenvalue weighted by atomic mass is 16.6. The molecule has 3 fully saturated rings. The van der Waals surface area contributed by atoms with Crippen LogP contribution in [0.2, 0.25) is 0 Å². The Morgan fingerprint density at radius 2 is 1.60 bits per heavy atom. The first-order valence-electron chi connectivity index (χ1n) is 20.0. The Morgan fingerprint density at radius 1 is 0.909 bits per heavy atom. The molecule has 5 rings (SSSR count). The third-order valence-corrected chi connectivity index (χ3v) is 13.3. The number of aryl methyl sites for hydroxylation is 1. The highest BCUT2D eigenvalue weighted by Crippen LogP contribution is 2.66. The van der Waals surface area contributed by atoms with Crippen molar-refractivity contribution in [1.29, 1.82) is 0 Å². The first kappa shape index (κ1) is 43.4. The maximum absolute atomic E-state index is 12.1. The molecule has 0 N–H and O–H groups in total. The number of esters is 2. The van der Waals surface area contributed by atoms with Crippen LogP contribution in [-0.2, 0) is 25.5 Å². The summed E-state index contributed by atoms with van der Waals surface area (Å²) in [6.07, 6.45) is 18.9. The minimum absolute atomic E-state index is 0.00376. The SMILES string of the molecule is C=C(C)C(=O)OCCCc1ccc([N+](=O)[O-])cc1[N+](=O)[O-].C=C(C)C(=O)O[C@H]1CC[C@@]2(C)C(=CC=C3[C@@H]4CC[C@H]([C@H](C)/C=C/[C@H](C)C(C)C)[C@@]4(C)CC[C@@H]32)C1. The summed E-state index contributed by atoms with van der Waals surface area (Å²) < 4.78 is 10.6. The van der Waals surface area contributed by atoms with Crippen molar-refractivity contribution < 1.29 is 28.9 Å². The van der Waals surface area contributed by atoms with Gasteiger partial charge in [-0.1, -0.05) is 90.2 Å². The van der Waals surface area contributed by atoms with Gasteiger partial charge in [0.25, 0.3) is 11.4 Å². The number of hydrogen-bond acceptors (Lipinski definition) is 8. The Kier molecular flexibility index (Phi) is 14.3. The molecule has 0 spiro atoms. The molecule has 10 nitrogen and oxygen atoms in total. The van der Waals surface area contributed by atoms with Crippen LogP contribution in [0.25, 0.3) is 0 Å². The molecule has 10 heteroatoms. The Hall–Kier alpha value is -4.34. The van der Waals surface area contributed by atoms with Crippen molar-refractivity contribution in [3.05, 3.63) is 104 Å². The molecule has 0 bridgehead atoms. The van der Waals surface area contributed by atoms with Gasteiger partial charge in [-0.2, -0.15) is 0 Å². The van der Waals surface area contributed by atoms with Crippen molar-refractivity contribution in [3.63, 3.8) is 0 Å². The van der Waals surface area contributed by atoms with Gasteiger partial charge < -0.3 is 9.47 Å². The number of benzene rings is 1. The van der Waals surface area contributed by atoms with Gasteiger partial charge in [-0.3, -0.25) is 20.2 Å². The molecule has 1 aromatic carbocycles. The van der Waals surface area contributed by atoms with E-state index in [9.17, 15) is 29.8 Å². The summed E-state index contributed by atoms with van der Waals surface area (Å²) in [7, 11) is 0. The van der Waals surface area contributed by atoms with Gasteiger partial charge in [0, 0.05) is 29.2 Å². The molecule has 4 aliphatic carbocycles. The summed E-state index contributed by atoms with van der Waals surface area (Å²) in [4.78, 5) is 43.4. The van der Waals surface area contributed by atoms with Crippen molar-refractivity contribution in [2.45, 2.75) is 119 Å². The smallest absolute Gasteiger partial charge is 0.333 e. The van der Waals surface area contributed by atoms with Crippen LogP contribution in [0.15, 0.2) is 78.0 Å². The molecule has 1 aromatic rings. The van der Waals surface area contributed by atoms with Gasteiger partial charge >= 0.3 is 11.9 Å². The van der Waals surface area contributed by atoms with Gasteiger partial charge in [0.15, 0.2) is 0 Å². The number of nitrogens with zero attached hydrogens (tertiary/aromatic N) is 2. The van der Waals surface area contributed by atoms with E-state index in [4.69, 9.17) is 9.47 Å². The first-order valence-corrected chi connectivity index (χ1v) is 20.0. The number of carbonyl (C=O) groups is 2. The monoisotopic (exact) mass is 758 g/mol. The Bertz CT molecular complexity index is 1760. The number of rotatable bonds is 13. The zero-order chi connectivity index (χ0) is 40.8. The lowest BCUT2D eigenvalue weighted by Gasteiger charge is -2.55. The minimum Gasteiger partial charge on any atom is -0.462 e. The van der Waals surface area contributed by atoms with Gasteiger partial charge in [-0.05, 0) is 118 Å². The quantitative estimate of drug-likeness (QED) is 0.0484. The summed E-state index contributed by atoms with van der Waals surface area (Å²) in [6, 6.07) is 3.48. The average Bonchev–Trinajstić information content (AvgIpc) is 3.49. The second-order valence-corrected chi connectivity index (χ2v) is 17.4. The number of fused-ring (bicyclic) bond motifs is 5. The predicted octanol–water partition coefficient (Wildman–Crippen LogP) is 11.0. The van der Waals surface area contributed by atoms with E-state index in [0.717, 1.165) is 37.2 Å². The van der Waals surface area contributed by atoms with Crippen LogP contribution in [0.3, 0.4) is 0 Å². The maximum atomic E-state index is 12.1. The minimum atomic E-state index is -0.689. The zero-order valence-corrected chi connectivity index (χ0v) is 34.2. The average molecular weight is 759 g/mol. The molecular weight excluding hydrogens is 697 g/mol. The molecule has 8 atom stereocenters. The predicted molar refractivity (Wildman–Crippen MR) is 216 cm³/mol. The molecule has 0 aliphatic heterocycles. The molecule has 0 amide bonds. The van der Waals surface area contributed by atoms with Crippen LogP contribution in [0, 0.1) is 66.6 Å². The summed E-state index contributed by atoms with van der Waals surface area (Å²) in [5, 5.41) is 21.5. The molecule has 0 radical (unpaired) electrons. The highest BCUT2D eigenvalue weighted by molar-refractivity contribution is 5.87. The zero-order valence-electron chi connectivity index (χ0n) is 34.2. The van der Waals surface area contributed by atoms with Gasteiger partial charge in [0.05, 0.1) is 22.5 Å². The van der Waals surface area contributed by atoms with Crippen molar-refractivity contribution >= 4 is 23.3 Å². The number of allylic oxidation sites excluding steroid dienone is 5. The van der Waals surface area contributed by atoms with E-state index in [1.54, 1.807) is 12.5 Å². The highest BCUT2D eigenvalue weighted by Gasteiger charge is 2.57. The van der Waals surface area contributed by atoms with Crippen molar-refractivity contribution in [2.24, 2.45) is 46.3 Å². The summed E-state index contributed by atoms with van der Waals surface area (Å²) in [5.41, 5.74) is 4.38. The number of nitro groups is 2. The fraction of sp³-hybridized carbons (Fsp3) is 0.600. The lowest BCUT2D eigenvalue weighted by molar-refractivity contribution is -0.394. The number of hydrogen-bond donors (Lipinski definition) is 0. The van der Waals surface area contributed by atoms with Gasteiger partial charge in [-0.15, -0.1) is 0 Å². The first-order chi connectivity index (χ1) is 25.8. The number of nitro benzene ring substituents is 2. The van der Waals surface area contributed by atoms with Crippen molar-refractivity contribution in [2.75, 3.05) is 6.61 Å². The van der Waals surface area contributed by atoms with Crippen LogP contribution in [0.4, 0.5) is 11.4 Å². The third kappa shape index (κ3) is 9.92. The molecule has 55 heavy (non-hydrogen) atoms. The summed E-state index contributed by atoms with van der Waals surface area (Å²) in [5.74, 6) is 3.42. The van der Waals surface area contributed by atoms with Gasteiger partial charge in [0.1, 0.15) is 6.10 Å². The van der Waals surface area contributed by atoms with Crippen LogP contribution < -0.4 is 0 Å². The van der Waals surface area contributed by atoms with E-state index in [2.05, 4.69) is 79.0 Å². The van der Waals surface area contributed by atoms with Crippen LogP contribution >= 0.6 is 0 Å². The molecule has 0 saturated heterocycles. The molecule has 300 valence electrons. The molecule has 4 aliphatic rings. The fourth-order valence-electron chi connectivity index (χ4n) is 9.53. The topological polar surface area (TPSA) is 139 Å². The normalized spacial score (nSPS) is 27.9. The Balaban J connectivity index is 0.000000276. The van der Waals surface area contributed by atoms with Crippen molar-refractivity contribution in [3.8, 4) is 0 Å². The van der Waals surface area contributed by atoms with Crippen LogP contribution in [-0.4, -0.2) is 34.5 Å². The number of carbonyl (C=O) groups excluding carboxylic acids is 2. The summed E-state index contributed by atoms with van der Waals surface area (Å²) in [6.45, 7) is 25.1. The van der Waals surface area contributed by atoms with E-state index in [1.807, 2.05) is 0 Å². The second-order valence-electron chi connectivity index (χ2n) is 17.4. The molecular formula is C45H62N2O8. The molecule has 0 heterocycles. The fourth-order valence-corrected chi connectivity index (χ4v) is 9.53. The van der Waals surface area contributed by atoms with E-state index < -0.39 is 15.8 Å². The molecule has 3 saturated carbocycles. The van der Waals surface area contributed by atoms with Gasteiger partial charge in [0.2, 0.25) is 0 Å². The molecule has 0 unspecified atom stereocenters. The number of ether oxygens (including phenoxy) is 2. The van der Waals surface area contributed by atoms with E-state index in [0.29, 0.717) is 46.6 Å². The lowest BCUT2D eigenvalue weighted by atomic mass is 9.50. The summed E-state index contributed by atoms with van der Waals surface area (Å²) >= 11 is 0. The second kappa shape index (κ2) is 18.1. The third-order valence-electron chi connectivity index (χ3n) is 13.3. The standard InChI is InChI=1S/C32H48O2.C13H14N2O6/c1-20(2)22(5)9-10-23(6)27-13-14-28-26-12-11-24-19-25(34-30(33)21(3)4)15-17-31(24,7)29(26)16-18-32(27,28)8;1-9(2)13(16)21-7-3-4-10-5-6-11(14(17)18)8-12(10)15(19)20/h9-12,20,22-23,25,27-29H,3,13-19H2,1-2,4-8H3;5-6,8H,1,3-4,7H2,2H3/b10-9+;/t22-,23+,25-,27+,28-,29-,31-,32+;/m0./s1. The van der Waals surface area contributed by atoms with E-state index >= 15 is 0 Å². The number of non-ortho nitro benzene ring substituents is 1. The van der Waals surface area contributed by atoms with Crippen LogP contribution in [0.1, 0.15) is 112 Å². The van der Waals surface area contributed by atoms with Crippen LogP contribution in [0.5, 0.6) is 0 Å². The largest absolute Gasteiger partial charge is 0.462 e. The van der Waals surface area contributed by atoms with E-state index in [-0.39, 0.29) is 47.5 Å². The van der Waals surface area contributed by atoms with E-state index in [1.165, 1.54) is 50.3 Å².